The van der Waals surface area contributed by atoms with Gasteiger partial charge in [-0.05, 0) is 35.5 Å². The highest BCUT2D eigenvalue weighted by atomic mass is 32.2. The molecule has 6 heteroatoms. The summed E-state index contributed by atoms with van der Waals surface area (Å²) in [6.45, 7) is 0. The monoisotopic (exact) mass is 258 g/mol. The average molecular weight is 258 g/mol. The van der Waals surface area contributed by atoms with Gasteiger partial charge in [0.1, 0.15) is 0 Å². The number of carbonyl (C=O) groups excluding carboxylic acids is 1. The molecule has 0 fully saturated rings. The van der Waals surface area contributed by atoms with E-state index in [-0.39, 0.29) is 10.8 Å². The van der Waals surface area contributed by atoms with Gasteiger partial charge in [0, 0.05) is 29.4 Å². The maximum atomic E-state index is 11.6. The zero-order valence-electron chi connectivity index (χ0n) is 9.22. The van der Waals surface area contributed by atoms with Crippen LogP contribution in [0.1, 0.15) is 10.4 Å². The van der Waals surface area contributed by atoms with Gasteiger partial charge in [0.2, 0.25) is 0 Å². The number of rotatable bonds is 3. The Hall–Kier alpha value is -0.850. The number of carbonyl (C=O) groups is 1. The topological polar surface area (TPSA) is 60.4 Å². The molecule has 16 heavy (non-hydrogen) atoms. The van der Waals surface area contributed by atoms with Crippen molar-refractivity contribution in [2.75, 3.05) is 20.4 Å². The van der Waals surface area contributed by atoms with E-state index in [0.29, 0.717) is 10.5 Å². The Balaban J connectivity index is 3.22. The van der Waals surface area contributed by atoms with Crippen molar-refractivity contribution in [3.8, 4) is 0 Å². The minimum absolute atomic E-state index is 0.167. The normalized spacial score (nSPS) is 12.2. The summed E-state index contributed by atoms with van der Waals surface area (Å²) in [4.78, 5) is 13.9. The minimum atomic E-state index is -2.32. The van der Waals surface area contributed by atoms with Crippen LogP contribution in [-0.4, -0.2) is 39.9 Å². The highest BCUT2D eigenvalue weighted by molar-refractivity contribution is 7.99. The van der Waals surface area contributed by atoms with Crippen LogP contribution in [-0.2, 0) is 11.1 Å². The Kier molecular flexibility index (Phi) is 4.52. The molecule has 0 heterocycles. The zero-order valence-corrected chi connectivity index (χ0v) is 10.9. The van der Waals surface area contributed by atoms with Crippen molar-refractivity contribution >= 4 is 28.7 Å². The Morgan fingerprint density at radius 1 is 1.44 bits per heavy atom. The first-order chi connectivity index (χ1) is 7.47. The number of thioether (sulfide) groups is 1. The zero-order chi connectivity index (χ0) is 12.3. The molecule has 1 atom stereocenters. The predicted molar refractivity (Wildman–Crippen MR) is 63.4 cm³/mol. The van der Waals surface area contributed by atoms with Crippen LogP contribution in [0.5, 0.6) is 0 Å². The Morgan fingerprint density at radius 2 is 2.06 bits per heavy atom. The highest BCUT2D eigenvalue weighted by Crippen LogP contribution is 2.24. The second-order valence-electron chi connectivity index (χ2n) is 3.30. The smallest absolute Gasteiger partial charge is 0.253 e. The maximum Gasteiger partial charge on any atom is 0.253 e. The van der Waals surface area contributed by atoms with Crippen LogP contribution in [0.15, 0.2) is 28.0 Å². The van der Waals surface area contributed by atoms with E-state index in [9.17, 15) is 13.6 Å². The molecule has 0 bridgehead atoms. The number of benzene rings is 1. The molecule has 0 aliphatic rings. The average Bonchev–Trinajstić information content (AvgIpc) is 2.26. The van der Waals surface area contributed by atoms with E-state index < -0.39 is 11.1 Å². The minimum Gasteiger partial charge on any atom is -0.768 e. The molecule has 0 saturated heterocycles. The van der Waals surface area contributed by atoms with Gasteiger partial charge in [-0.2, -0.15) is 0 Å². The SMILES string of the molecule is CSc1ccc(C(=O)N(C)C)cc1S(=O)[O-]. The van der Waals surface area contributed by atoms with Crippen molar-refractivity contribution in [2.45, 2.75) is 9.79 Å². The van der Waals surface area contributed by atoms with E-state index in [1.165, 1.54) is 22.7 Å². The molecule has 0 radical (unpaired) electrons. The third-order valence-corrected chi connectivity index (χ3v) is 3.62. The number of hydrogen-bond acceptors (Lipinski definition) is 4. The fraction of sp³-hybridized carbons (Fsp3) is 0.300. The molecule has 88 valence electrons. The predicted octanol–water partition coefficient (Wildman–Crippen LogP) is 1.35. The molecule has 0 aliphatic carbocycles. The summed E-state index contributed by atoms with van der Waals surface area (Å²) in [5.41, 5.74) is 0.377. The van der Waals surface area contributed by atoms with Crippen molar-refractivity contribution in [3.63, 3.8) is 0 Å². The standard InChI is InChI=1S/C10H13NO3S2/c1-11(2)10(12)7-4-5-8(15-3)9(6-7)16(13)14/h4-6H,1-3H3,(H,13,14)/p-1. The molecule has 0 aliphatic heterocycles. The molecule has 0 spiro atoms. The van der Waals surface area contributed by atoms with Gasteiger partial charge in [-0.1, -0.05) is 0 Å². The molecule has 1 aromatic rings. The van der Waals surface area contributed by atoms with Crippen molar-refractivity contribution in [1.82, 2.24) is 4.90 Å². The molecule has 0 saturated carbocycles. The quantitative estimate of drug-likeness (QED) is 0.606. The van der Waals surface area contributed by atoms with Gasteiger partial charge in [-0.15, -0.1) is 11.8 Å². The lowest BCUT2D eigenvalue weighted by Gasteiger charge is -2.14. The molecule has 0 aromatic heterocycles. The highest BCUT2D eigenvalue weighted by Gasteiger charge is 2.11. The second kappa shape index (κ2) is 5.47. The van der Waals surface area contributed by atoms with Crippen LogP contribution in [0.4, 0.5) is 0 Å². The fourth-order valence-corrected chi connectivity index (χ4v) is 2.57. The lowest BCUT2D eigenvalue weighted by molar-refractivity contribution is 0.0827. The summed E-state index contributed by atoms with van der Waals surface area (Å²) in [7, 11) is 3.25. The molecular weight excluding hydrogens is 246 g/mol. The van der Waals surface area contributed by atoms with E-state index >= 15 is 0 Å². The van der Waals surface area contributed by atoms with Gasteiger partial charge in [0.25, 0.3) is 5.91 Å². The Labute approximate surface area is 101 Å². The first-order valence-corrected chi connectivity index (χ1v) is 6.76. The van der Waals surface area contributed by atoms with Crippen LogP contribution >= 0.6 is 11.8 Å². The molecule has 1 aromatic carbocycles. The van der Waals surface area contributed by atoms with Crippen LogP contribution in [0.25, 0.3) is 0 Å². The second-order valence-corrected chi connectivity index (χ2v) is 5.06. The lowest BCUT2D eigenvalue weighted by atomic mass is 10.2. The van der Waals surface area contributed by atoms with Crippen molar-refractivity contribution in [3.05, 3.63) is 23.8 Å². The van der Waals surface area contributed by atoms with E-state index in [2.05, 4.69) is 0 Å². The summed E-state index contributed by atoms with van der Waals surface area (Å²) in [5, 5.41) is 0. The summed E-state index contributed by atoms with van der Waals surface area (Å²) >= 11 is -0.987. The van der Waals surface area contributed by atoms with Crippen molar-refractivity contribution in [1.29, 1.82) is 0 Å². The van der Waals surface area contributed by atoms with E-state index in [0.717, 1.165) is 0 Å². The lowest BCUT2D eigenvalue weighted by Crippen LogP contribution is -2.21. The summed E-state index contributed by atoms with van der Waals surface area (Å²) in [5.74, 6) is -0.209. The summed E-state index contributed by atoms with van der Waals surface area (Å²) < 4.78 is 22.0. The molecular formula is C10H12NO3S2-. The van der Waals surface area contributed by atoms with Crippen molar-refractivity contribution < 1.29 is 13.6 Å². The number of amides is 1. The van der Waals surface area contributed by atoms with Gasteiger partial charge in [0.15, 0.2) is 0 Å². The third-order valence-electron chi connectivity index (χ3n) is 2.00. The Morgan fingerprint density at radius 3 is 2.50 bits per heavy atom. The summed E-state index contributed by atoms with van der Waals surface area (Å²) in [6.07, 6.45) is 1.79. The van der Waals surface area contributed by atoms with Gasteiger partial charge < -0.3 is 9.45 Å². The van der Waals surface area contributed by atoms with Gasteiger partial charge in [-0.25, -0.2) is 0 Å². The van der Waals surface area contributed by atoms with Gasteiger partial charge in [0.05, 0.1) is 0 Å². The number of nitrogens with zero attached hydrogens (tertiary/aromatic N) is 1. The van der Waals surface area contributed by atoms with E-state index in [1.807, 2.05) is 0 Å². The molecule has 0 N–H and O–H groups in total. The van der Waals surface area contributed by atoms with Gasteiger partial charge >= 0.3 is 0 Å². The first-order valence-electron chi connectivity index (χ1n) is 4.46. The fourth-order valence-electron chi connectivity index (χ4n) is 1.20. The van der Waals surface area contributed by atoms with E-state index in [1.54, 1.807) is 32.5 Å². The third kappa shape index (κ3) is 2.84. The summed E-state index contributed by atoms with van der Waals surface area (Å²) in [6, 6.07) is 4.67. The van der Waals surface area contributed by atoms with E-state index in [4.69, 9.17) is 0 Å². The number of hydrogen-bond donors (Lipinski definition) is 0. The first kappa shape index (κ1) is 13.2. The van der Waals surface area contributed by atoms with Crippen LogP contribution in [0.3, 0.4) is 0 Å². The molecule has 1 amide bonds. The van der Waals surface area contributed by atoms with Crippen LogP contribution in [0, 0.1) is 0 Å². The molecule has 4 nitrogen and oxygen atoms in total. The maximum absolute atomic E-state index is 11.6. The van der Waals surface area contributed by atoms with Crippen molar-refractivity contribution in [2.24, 2.45) is 0 Å². The van der Waals surface area contributed by atoms with Gasteiger partial charge in [-0.3, -0.25) is 9.00 Å². The van der Waals surface area contributed by atoms with Crippen LogP contribution < -0.4 is 0 Å². The van der Waals surface area contributed by atoms with Crippen LogP contribution in [0.2, 0.25) is 0 Å². The largest absolute Gasteiger partial charge is 0.768 e. The Bertz CT molecular complexity index is 432. The molecule has 1 rings (SSSR count). The molecule has 1 unspecified atom stereocenters.